The number of amides is 1. The van der Waals surface area contributed by atoms with E-state index < -0.39 is 11.6 Å². The lowest BCUT2D eigenvalue weighted by atomic mass is 10.00. The van der Waals surface area contributed by atoms with Gasteiger partial charge in [-0.05, 0) is 37.8 Å². The molecule has 2 atom stereocenters. The summed E-state index contributed by atoms with van der Waals surface area (Å²) >= 11 is 0. The van der Waals surface area contributed by atoms with E-state index in [0.29, 0.717) is 12.8 Å². The molecular formula is C15H18F2N2O2. The number of nitrogens with zero attached hydrogens (tertiary/aromatic N) is 1. The highest BCUT2D eigenvalue weighted by molar-refractivity contribution is 5.92. The average Bonchev–Trinajstić information content (AvgIpc) is 2.66. The van der Waals surface area contributed by atoms with Gasteiger partial charge >= 0.3 is 0 Å². The molecule has 0 aromatic heterocycles. The fourth-order valence-corrected chi connectivity index (χ4v) is 3.45. The van der Waals surface area contributed by atoms with Crippen LogP contribution in [0.4, 0.5) is 14.5 Å². The molecule has 2 N–H and O–H groups in total. The number of rotatable bonds is 3. The second-order valence-corrected chi connectivity index (χ2v) is 5.85. The molecule has 1 aromatic carbocycles. The number of aliphatic hydroxyl groups is 1. The lowest BCUT2D eigenvalue weighted by Crippen LogP contribution is -2.47. The first-order valence-electron chi connectivity index (χ1n) is 7.21. The predicted octanol–water partition coefficient (Wildman–Crippen LogP) is 1.89. The number of piperidine rings is 1. The Hall–Kier alpha value is -1.53. The van der Waals surface area contributed by atoms with Crippen molar-refractivity contribution < 1.29 is 18.7 Å². The maximum absolute atomic E-state index is 13.5. The minimum Gasteiger partial charge on any atom is -0.393 e. The molecule has 2 aliphatic rings. The minimum atomic E-state index is -0.777. The van der Waals surface area contributed by atoms with Gasteiger partial charge in [0, 0.05) is 18.2 Å². The number of hydrogen-bond acceptors (Lipinski definition) is 3. The van der Waals surface area contributed by atoms with Crippen molar-refractivity contribution in [1.82, 2.24) is 4.90 Å². The van der Waals surface area contributed by atoms with Gasteiger partial charge in [-0.2, -0.15) is 0 Å². The molecule has 0 radical (unpaired) electrons. The van der Waals surface area contributed by atoms with Gasteiger partial charge in [0.1, 0.15) is 11.6 Å². The maximum atomic E-state index is 13.5. The topological polar surface area (TPSA) is 52.6 Å². The summed E-state index contributed by atoms with van der Waals surface area (Å²) in [6.45, 7) is 0.179. The molecule has 0 saturated carbocycles. The summed E-state index contributed by atoms with van der Waals surface area (Å²) in [7, 11) is 0. The van der Waals surface area contributed by atoms with Gasteiger partial charge in [0.15, 0.2) is 0 Å². The Morgan fingerprint density at radius 2 is 1.95 bits per heavy atom. The van der Waals surface area contributed by atoms with Crippen LogP contribution in [0.3, 0.4) is 0 Å². The van der Waals surface area contributed by atoms with Crippen molar-refractivity contribution in [3.63, 3.8) is 0 Å². The molecule has 2 aliphatic heterocycles. The zero-order chi connectivity index (χ0) is 15.0. The quantitative estimate of drug-likeness (QED) is 0.895. The van der Waals surface area contributed by atoms with E-state index in [1.807, 2.05) is 0 Å². The summed E-state index contributed by atoms with van der Waals surface area (Å²) in [5, 5.41) is 12.2. The first-order chi connectivity index (χ1) is 10.0. The molecule has 0 spiro atoms. The van der Waals surface area contributed by atoms with E-state index in [9.17, 15) is 18.7 Å². The number of aliphatic hydroxyl groups excluding tert-OH is 1. The van der Waals surface area contributed by atoms with Gasteiger partial charge < -0.3 is 10.4 Å². The highest BCUT2D eigenvalue weighted by Crippen LogP contribution is 2.35. The minimum absolute atomic E-state index is 0.00853. The van der Waals surface area contributed by atoms with Crippen LogP contribution in [0.2, 0.25) is 0 Å². The number of anilines is 1. The van der Waals surface area contributed by atoms with E-state index in [1.54, 1.807) is 0 Å². The Morgan fingerprint density at radius 1 is 1.29 bits per heavy atom. The van der Waals surface area contributed by atoms with Crippen molar-refractivity contribution in [2.45, 2.75) is 43.9 Å². The molecule has 0 aliphatic carbocycles. The number of benzene rings is 1. The molecule has 2 heterocycles. The normalized spacial score (nSPS) is 28.6. The predicted molar refractivity (Wildman–Crippen MR) is 73.7 cm³/mol. The third-order valence-electron chi connectivity index (χ3n) is 4.39. The van der Waals surface area contributed by atoms with Crippen molar-refractivity contribution in [2.75, 3.05) is 11.9 Å². The van der Waals surface area contributed by atoms with Crippen LogP contribution in [0, 0.1) is 11.6 Å². The molecule has 6 heteroatoms. The molecule has 21 heavy (non-hydrogen) atoms. The number of carbonyl (C=O) groups excluding carboxylic acids is 1. The van der Waals surface area contributed by atoms with E-state index in [4.69, 9.17) is 0 Å². The van der Waals surface area contributed by atoms with Crippen molar-refractivity contribution >= 4 is 11.6 Å². The van der Waals surface area contributed by atoms with Crippen LogP contribution in [0.15, 0.2) is 18.2 Å². The molecule has 2 saturated heterocycles. The van der Waals surface area contributed by atoms with Crippen LogP contribution >= 0.6 is 0 Å². The zero-order valence-electron chi connectivity index (χ0n) is 11.6. The maximum Gasteiger partial charge on any atom is 0.238 e. The largest absolute Gasteiger partial charge is 0.393 e. The molecule has 1 amide bonds. The lowest BCUT2D eigenvalue weighted by Gasteiger charge is -2.36. The van der Waals surface area contributed by atoms with Crippen LogP contribution in [-0.2, 0) is 4.79 Å². The van der Waals surface area contributed by atoms with Crippen molar-refractivity contribution in [1.29, 1.82) is 0 Å². The molecule has 2 bridgehead atoms. The van der Waals surface area contributed by atoms with Crippen LogP contribution < -0.4 is 5.32 Å². The van der Waals surface area contributed by atoms with Crippen LogP contribution in [0.1, 0.15) is 25.7 Å². The van der Waals surface area contributed by atoms with Gasteiger partial charge in [-0.15, -0.1) is 0 Å². The lowest BCUT2D eigenvalue weighted by molar-refractivity contribution is -0.119. The van der Waals surface area contributed by atoms with E-state index >= 15 is 0 Å². The summed E-state index contributed by atoms with van der Waals surface area (Å²) < 4.78 is 26.3. The molecule has 4 nitrogen and oxygen atoms in total. The first-order valence-corrected chi connectivity index (χ1v) is 7.21. The third kappa shape index (κ3) is 3.06. The molecule has 2 unspecified atom stereocenters. The van der Waals surface area contributed by atoms with Crippen LogP contribution in [0.25, 0.3) is 0 Å². The van der Waals surface area contributed by atoms with Crippen molar-refractivity contribution in [3.8, 4) is 0 Å². The Kier molecular flexibility index (Phi) is 3.91. The van der Waals surface area contributed by atoms with E-state index in [-0.39, 0.29) is 36.3 Å². The van der Waals surface area contributed by atoms with Gasteiger partial charge in [0.05, 0.1) is 18.3 Å². The second kappa shape index (κ2) is 5.69. The molecule has 3 rings (SSSR count). The van der Waals surface area contributed by atoms with Crippen LogP contribution in [-0.4, -0.2) is 40.6 Å². The van der Waals surface area contributed by atoms with Gasteiger partial charge in [0.25, 0.3) is 0 Å². The van der Waals surface area contributed by atoms with Gasteiger partial charge in [0.2, 0.25) is 5.91 Å². The van der Waals surface area contributed by atoms with E-state index in [2.05, 4.69) is 10.2 Å². The Labute approximate surface area is 121 Å². The van der Waals surface area contributed by atoms with E-state index in [0.717, 1.165) is 25.0 Å². The third-order valence-corrected chi connectivity index (χ3v) is 4.39. The first kappa shape index (κ1) is 14.4. The monoisotopic (exact) mass is 296 g/mol. The number of nitrogens with one attached hydrogen (secondary N) is 1. The standard InChI is InChI=1S/C15H18F2N2O2/c16-9-1-4-14(13(17)5-9)18-15(21)8-19-10-2-3-11(19)7-12(20)6-10/h1,4-5,10-12,20H,2-3,6-8H2,(H,18,21). The Balaban J connectivity index is 1.62. The summed E-state index contributed by atoms with van der Waals surface area (Å²) in [5.74, 6) is -1.76. The SMILES string of the molecule is O=C(CN1C2CCC1CC(O)C2)Nc1ccc(F)cc1F. The number of halogens is 2. The van der Waals surface area contributed by atoms with Crippen molar-refractivity contribution in [2.24, 2.45) is 0 Å². The highest BCUT2D eigenvalue weighted by Gasteiger charge is 2.40. The Morgan fingerprint density at radius 3 is 2.57 bits per heavy atom. The van der Waals surface area contributed by atoms with Gasteiger partial charge in [-0.1, -0.05) is 0 Å². The summed E-state index contributed by atoms with van der Waals surface area (Å²) in [5.41, 5.74) is -0.00853. The number of fused-ring (bicyclic) bond motifs is 2. The van der Waals surface area contributed by atoms with E-state index in [1.165, 1.54) is 6.07 Å². The fourth-order valence-electron chi connectivity index (χ4n) is 3.45. The summed E-state index contributed by atoms with van der Waals surface area (Å²) in [6, 6.07) is 3.53. The number of carbonyl (C=O) groups is 1. The van der Waals surface area contributed by atoms with Gasteiger partial charge in [-0.3, -0.25) is 9.69 Å². The zero-order valence-corrected chi connectivity index (χ0v) is 11.6. The molecular weight excluding hydrogens is 278 g/mol. The Bertz CT molecular complexity index is 538. The molecule has 114 valence electrons. The number of hydrogen-bond donors (Lipinski definition) is 2. The molecule has 2 fully saturated rings. The smallest absolute Gasteiger partial charge is 0.238 e. The highest BCUT2D eigenvalue weighted by atomic mass is 19.1. The summed E-state index contributed by atoms with van der Waals surface area (Å²) in [4.78, 5) is 14.1. The second-order valence-electron chi connectivity index (χ2n) is 5.85. The average molecular weight is 296 g/mol. The van der Waals surface area contributed by atoms with Crippen LogP contribution in [0.5, 0.6) is 0 Å². The molecule has 1 aromatic rings. The van der Waals surface area contributed by atoms with Crippen molar-refractivity contribution in [3.05, 3.63) is 29.8 Å². The van der Waals surface area contributed by atoms with Gasteiger partial charge in [-0.25, -0.2) is 8.78 Å². The summed E-state index contributed by atoms with van der Waals surface area (Å²) in [6.07, 6.45) is 3.07. The fraction of sp³-hybridized carbons (Fsp3) is 0.533.